The summed E-state index contributed by atoms with van der Waals surface area (Å²) in [5.41, 5.74) is 1.07. The van der Waals surface area contributed by atoms with E-state index in [-0.39, 0.29) is 24.5 Å². The van der Waals surface area contributed by atoms with Crippen LogP contribution in [0.1, 0.15) is 44.7 Å². The van der Waals surface area contributed by atoms with Crippen molar-refractivity contribution in [1.29, 1.82) is 0 Å². The van der Waals surface area contributed by atoms with Crippen LogP contribution >= 0.6 is 0 Å². The summed E-state index contributed by atoms with van der Waals surface area (Å²) in [6.45, 7) is 5.84. The number of fused-ring (bicyclic) bond motifs is 3. The molecule has 2 aliphatic rings. The third-order valence-electron chi connectivity index (χ3n) is 5.91. The quantitative estimate of drug-likeness (QED) is 0.782. The van der Waals surface area contributed by atoms with Crippen molar-refractivity contribution in [1.82, 2.24) is 5.32 Å². The molecule has 2 amide bonds. The first-order valence-electron chi connectivity index (χ1n) is 10.8. The first-order chi connectivity index (χ1) is 15.2. The molecule has 2 aromatic carbocycles. The predicted octanol–water partition coefficient (Wildman–Crippen LogP) is 4.28. The SMILES string of the molecule is CC(C)(C)OC(=O)N1c2ccccc2[C@@]2(CC(=O)NCc3ccccc3)C=CC(=O)CC12. The van der Waals surface area contributed by atoms with Crippen molar-refractivity contribution in [2.45, 2.75) is 57.2 Å². The number of anilines is 1. The molecule has 6 nitrogen and oxygen atoms in total. The highest BCUT2D eigenvalue weighted by Crippen LogP contribution is 2.51. The van der Waals surface area contributed by atoms with Gasteiger partial charge in [0.25, 0.3) is 0 Å². The van der Waals surface area contributed by atoms with Gasteiger partial charge in [-0.2, -0.15) is 0 Å². The standard InChI is InChI=1S/C26H28N2O4/c1-25(2,3)32-24(31)28-21-12-8-7-11-20(21)26(14-13-19(29)15-22(26)28)16-23(30)27-17-18-9-5-4-6-10-18/h4-14,22H,15-17H2,1-3H3,(H,27,30)/t22?,26-/m0/s1. The van der Waals surface area contributed by atoms with Gasteiger partial charge in [-0.15, -0.1) is 0 Å². The fraction of sp³-hybridized carbons (Fsp3) is 0.346. The van der Waals surface area contributed by atoms with Gasteiger partial charge in [-0.1, -0.05) is 54.6 Å². The minimum absolute atomic E-state index is 0.0725. The van der Waals surface area contributed by atoms with Crippen molar-refractivity contribution >= 4 is 23.5 Å². The van der Waals surface area contributed by atoms with E-state index in [1.54, 1.807) is 11.0 Å². The van der Waals surface area contributed by atoms with Crippen LogP contribution in [0.4, 0.5) is 10.5 Å². The number of hydrogen-bond acceptors (Lipinski definition) is 4. The Labute approximate surface area is 188 Å². The molecule has 0 spiro atoms. The molecule has 4 rings (SSSR count). The van der Waals surface area contributed by atoms with E-state index < -0.39 is 23.2 Å². The molecule has 1 unspecified atom stereocenters. The van der Waals surface area contributed by atoms with Gasteiger partial charge in [0.05, 0.1) is 11.7 Å². The van der Waals surface area contributed by atoms with Crippen LogP contribution in [-0.2, 0) is 26.3 Å². The van der Waals surface area contributed by atoms with Crippen LogP contribution in [0.5, 0.6) is 0 Å². The molecular weight excluding hydrogens is 404 g/mol. The zero-order chi connectivity index (χ0) is 22.9. The van der Waals surface area contributed by atoms with Gasteiger partial charge in [0.1, 0.15) is 5.60 Å². The van der Waals surface area contributed by atoms with E-state index in [1.165, 1.54) is 6.08 Å². The molecule has 1 N–H and O–H groups in total. The fourth-order valence-electron chi connectivity index (χ4n) is 4.56. The lowest BCUT2D eigenvalue weighted by Gasteiger charge is -2.38. The lowest BCUT2D eigenvalue weighted by atomic mass is 9.69. The summed E-state index contributed by atoms with van der Waals surface area (Å²) in [5.74, 6) is -0.213. The molecule has 166 valence electrons. The van der Waals surface area contributed by atoms with E-state index >= 15 is 0 Å². The first kappa shape index (κ1) is 21.8. The van der Waals surface area contributed by atoms with Crippen LogP contribution < -0.4 is 10.2 Å². The van der Waals surface area contributed by atoms with Crippen LogP contribution in [-0.4, -0.2) is 29.4 Å². The number of para-hydroxylation sites is 1. The molecular formula is C26H28N2O4. The Bertz CT molecular complexity index is 1070. The second-order valence-corrected chi connectivity index (χ2v) is 9.37. The summed E-state index contributed by atoms with van der Waals surface area (Å²) >= 11 is 0. The molecule has 32 heavy (non-hydrogen) atoms. The number of amides is 2. The largest absolute Gasteiger partial charge is 0.443 e. The van der Waals surface area contributed by atoms with Crippen molar-refractivity contribution in [3.8, 4) is 0 Å². The molecule has 0 saturated heterocycles. The Kier molecular flexibility index (Phi) is 5.63. The van der Waals surface area contributed by atoms with Crippen LogP contribution in [0.15, 0.2) is 66.7 Å². The van der Waals surface area contributed by atoms with E-state index in [9.17, 15) is 14.4 Å². The number of nitrogens with one attached hydrogen (secondary N) is 1. The maximum absolute atomic E-state index is 13.2. The van der Waals surface area contributed by atoms with Crippen molar-refractivity contribution in [2.24, 2.45) is 0 Å². The summed E-state index contributed by atoms with van der Waals surface area (Å²) in [4.78, 5) is 40.2. The van der Waals surface area contributed by atoms with E-state index in [0.717, 1.165) is 11.1 Å². The zero-order valence-electron chi connectivity index (χ0n) is 18.6. The Balaban J connectivity index is 1.67. The lowest BCUT2D eigenvalue weighted by Crippen LogP contribution is -2.52. The number of benzene rings is 2. The highest BCUT2D eigenvalue weighted by atomic mass is 16.6. The summed E-state index contributed by atoms with van der Waals surface area (Å²) < 4.78 is 5.67. The van der Waals surface area contributed by atoms with Crippen LogP contribution in [0.3, 0.4) is 0 Å². The summed E-state index contributed by atoms with van der Waals surface area (Å²) in [5, 5.41) is 2.99. The van der Waals surface area contributed by atoms with E-state index in [2.05, 4.69) is 5.32 Å². The topological polar surface area (TPSA) is 75.7 Å². The zero-order valence-corrected chi connectivity index (χ0v) is 18.6. The molecule has 1 heterocycles. The number of rotatable bonds is 4. The van der Waals surface area contributed by atoms with Crippen LogP contribution in [0.2, 0.25) is 0 Å². The number of nitrogens with zero attached hydrogens (tertiary/aromatic N) is 1. The van der Waals surface area contributed by atoms with Gasteiger partial charge in [-0.05, 0) is 44.0 Å². The molecule has 2 atom stereocenters. The predicted molar refractivity (Wildman–Crippen MR) is 122 cm³/mol. The van der Waals surface area contributed by atoms with E-state index in [4.69, 9.17) is 4.74 Å². The molecule has 0 fully saturated rings. The maximum Gasteiger partial charge on any atom is 0.415 e. The van der Waals surface area contributed by atoms with Crippen LogP contribution in [0.25, 0.3) is 0 Å². The van der Waals surface area contributed by atoms with Crippen molar-refractivity contribution in [3.05, 3.63) is 77.9 Å². The number of allylic oxidation sites excluding steroid dienone is 1. The second kappa shape index (κ2) is 8.26. The minimum atomic E-state index is -0.790. The molecule has 2 aromatic rings. The molecule has 0 bridgehead atoms. The highest BCUT2D eigenvalue weighted by Gasteiger charge is 2.55. The summed E-state index contributed by atoms with van der Waals surface area (Å²) in [6, 6.07) is 16.7. The third-order valence-corrected chi connectivity index (χ3v) is 5.91. The Morgan fingerprint density at radius 1 is 1.09 bits per heavy atom. The van der Waals surface area contributed by atoms with Crippen molar-refractivity contribution in [2.75, 3.05) is 4.90 Å². The smallest absolute Gasteiger partial charge is 0.415 e. The van der Waals surface area contributed by atoms with Gasteiger partial charge in [0.15, 0.2) is 5.78 Å². The average Bonchev–Trinajstić information content (AvgIpc) is 3.01. The molecule has 6 heteroatoms. The van der Waals surface area contributed by atoms with Gasteiger partial charge in [0.2, 0.25) is 5.91 Å². The Hall–Kier alpha value is -3.41. The number of ketones is 1. The normalized spacial score (nSPS) is 21.7. The number of carbonyl (C=O) groups excluding carboxylic acids is 3. The molecule has 0 aromatic heterocycles. The highest BCUT2D eigenvalue weighted by molar-refractivity contribution is 6.00. The van der Waals surface area contributed by atoms with Gasteiger partial charge in [-0.25, -0.2) is 4.79 Å². The molecule has 0 saturated carbocycles. The fourth-order valence-corrected chi connectivity index (χ4v) is 4.56. The Morgan fingerprint density at radius 3 is 2.50 bits per heavy atom. The summed E-state index contributed by atoms with van der Waals surface area (Å²) in [7, 11) is 0. The van der Waals surface area contributed by atoms with Gasteiger partial charge in [0, 0.05) is 24.8 Å². The average molecular weight is 433 g/mol. The molecule has 1 aliphatic carbocycles. The van der Waals surface area contributed by atoms with Gasteiger partial charge in [-0.3, -0.25) is 14.5 Å². The summed E-state index contributed by atoms with van der Waals surface area (Å²) in [6.07, 6.45) is 3.09. The van der Waals surface area contributed by atoms with E-state index in [1.807, 2.05) is 75.4 Å². The van der Waals surface area contributed by atoms with Crippen molar-refractivity contribution < 1.29 is 19.1 Å². The lowest BCUT2D eigenvalue weighted by molar-refractivity contribution is -0.123. The monoisotopic (exact) mass is 432 g/mol. The van der Waals surface area contributed by atoms with Crippen molar-refractivity contribution in [3.63, 3.8) is 0 Å². The number of carbonyl (C=O) groups is 3. The van der Waals surface area contributed by atoms with Gasteiger partial charge >= 0.3 is 6.09 Å². The first-order valence-corrected chi connectivity index (χ1v) is 10.8. The number of hydrogen-bond donors (Lipinski definition) is 1. The maximum atomic E-state index is 13.2. The number of ether oxygens (including phenoxy) is 1. The van der Waals surface area contributed by atoms with Crippen LogP contribution in [0, 0.1) is 0 Å². The minimum Gasteiger partial charge on any atom is -0.443 e. The molecule has 1 aliphatic heterocycles. The molecule has 0 radical (unpaired) electrons. The van der Waals surface area contributed by atoms with E-state index in [0.29, 0.717) is 12.2 Å². The third kappa shape index (κ3) is 4.17. The van der Waals surface area contributed by atoms with Gasteiger partial charge < -0.3 is 10.1 Å². The Morgan fingerprint density at radius 2 is 1.78 bits per heavy atom. The second-order valence-electron chi connectivity index (χ2n) is 9.37.